The second kappa shape index (κ2) is 10.1. The maximum atomic E-state index is 12.0. The van der Waals surface area contributed by atoms with Crippen molar-refractivity contribution in [3.8, 4) is 28.8 Å². The molecule has 1 heterocycles. The first kappa shape index (κ1) is 20.9. The molecule has 6 nitrogen and oxygen atoms in total. The number of rotatable bonds is 8. The average molecular weight is 400 g/mol. The molecule has 0 spiro atoms. The summed E-state index contributed by atoms with van der Waals surface area (Å²) in [4.78, 5) is 12.0. The summed E-state index contributed by atoms with van der Waals surface area (Å²) < 4.78 is 7.57. The van der Waals surface area contributed by atoms with Gasteiger partial charge in [-0.05, 0) is 36.8 Å². The van der Waals surface area contributed by atoms with Gasteiger partial charge < -0.3 is 10.1 Å². The number of carbonyl (C=O) groups is 1. The first-order chi connectivity index (χ1) is 14.7. The molecule has 30 heavy (non-hydrogen) atoms. The molecule has 0 aliphatic rings. The fourth-order valence-corrected chi connectivity index (χ4v) is 2.94. The molecule has 0 saturated heterocycles. The monoisotopic (exact) mass is 400 g/mol. The minimum atomic E-state index is -0.437. The molecule has 6 heteroatoms. The van der Waals surface area contributed by atoms with Crippen molar-refractivity contribution >= 4 is 12.0 Å². The topological polar surface area (TPSA) is 79.9 Å². The molecule has 0 aliphatic carbocycles. The number of ether oxygens (including phenoxy) is 1. The highest BCUT2D eigenvalue weighted by molar-refractivity contribution is 6.02. The maximum absolute atomic E-state index is 12.0. The van der Waals surface area contributed by atoms with Crippen molar-refractivity contribution in [1.82, 2.24) is 15.1 Å². The fraction of sp³-hybridized carbons (Fsp3) is 0.208. The zero-order chi connectivity index (χ0) is 21.3. The Morgan fingerprint density at radius 2 is 2.03 bits per heavy atom. The third-order valence-electron chi connectivity index (χ3n) is 4.53. The second-order valence-electron chi connectivity index (χ2n) is 6.69. The molecule has 3 rings (SSSR count). The fourth-order valence-electron chi connectivity index (χ4n) is 2.94. The van der Waals surface area contributed by atoms with Gasteiger partial charge in [0.1, 0.15) is 23.1 Å². The average Bonchev–Trinajstić information content (AvgIpc) is 3.22. The zero-order valence-electron chi connectivity index (χ0n) is 17.1. The number of para-hydroxylation sites is 1. The van der Waals surface area contributed by atoms with Crippen molar-refractivity contribution in [2.24, 2.45) is 0 Å². The zero-order valence-corrected chi connectivity index (χ0v) is 17.1. The van der Waals surface area contributed by atoms with E-state index in [1.54, 1.807) is 10.8 Å². The Bertz CT molecular complexity index is 1080. The highest BCUT2D eigenvalue weighted by Crippen LogP contribution is 2.28. The minimum Gasteiger partial charge on any atom is -0.494 e. The molecule has 0 fully saturated rings. The molecule has 0 radical (unpaired) electrons. The number of amides is 1. The van der Waals surface area contributed by atoms with E-state index >= 15 is 0 Å². The van der Waals surface area contributed by atoms with Crippen LogP contribution in [0.25, 0.3) is 23.0 Å². The first-order valence-corrected chi connectivity index (χ1v) is 9.88. The van der Waals surface area contributed by atoms with Gasteiger partial charge in [0, 0.05) is 24.4 Å². The van der Waals surface area contributed by atoms with E-state index in [4.69, 9.17) is 9.84 Å². The number of benzene rings is 2. The standard InChI is InChI=1S/C24H24N4O2/c1-3-4-13-30-22-12-8-9-18(15-22)23-20(14-19(16-25)24(29)26-2)17-28(27-23)21-10-6-5-7-11-21/h5-12,14-15,17H,3-4,13H2,1-2H3,(H,26,29). The van der Waals surface area contributed by atoms with E-state index < -0.39 is 5.91 Å². The number of hydrogen-bond donors (Lipinski definition) is 1. The van der Waals surface area contributed by atoms with Crippen molar-refractivity contribution < 1.29 is 9.53 Å². The van der Waals surface area contributed by atoms with Crippen molar-refractivity contribution in [3.63, 3.8) is 0 Å². The molecule has 0 bridgehead atoms. The Hall–Kier alpha value is -3.85. The lowest BCUT2D eigenvalue weighted by Crippen LogP contribution is -2.19. The van der Waals surface area contributed by atoms with Crippen LogP contribution in [0.1, 0.15) is 25.3 Å². The van der Waals surface area contributed by atoms with Gasteiger partial charge in [0.15, 0.2) is 0 Å². The summed E-state index contributed by atoms with van der Waals surface area (Å²) in [5.74, 6) is 0.324. The first-order valence-electron chi connectivity index (χ1n) is 9.88. The molecule has 0 unspecified atom stereocenters. The predicted molar refractivity (Wildman–Crippen MR) is 117 cm³/mol. The third kappa shape index (κ3) is 4.95. The van der Waals surface area contributed by atoms with Crippen molar-refractivity contribution in [2.45, 2.75) is 19.8 Å². The highest BCUT2D eigenvalue weighted by Gasteiger charge is 2.15. The van der Waals surface area contributed by atoms with E-state index in [0.29, 0.717) is 17.9 Å². The summed E-state index contributed by atoms with van der Waals surface area (Å²) in [7, 11) is 1.50. The number of nitrogens with one attached hydrogen (secondary N) is 1. The Morgan fingerprint density at radius 3 is 2.73 bits per heavy atom. The highest BCUT2D eigenvalue weighted by atomic mass is 16.5. The molecule has 1 N–H and O–H groups in total. The van der Waals surface area contributed by atoms with E-state index in [-0.39, 0.29) is 5.57 Å². The normalized spacial score (nSPS) is 11.0. The Kier molecular flexibility index (Phi) is 7.01. The molecule has 152 valence electrons. The van der Waals surface area contributed by atoms with Crippen molar-refractivity contribution in [1.29, 1.82) is 5.26 Å². The van der Waals surface area contributed by atoms with Gasteiger partial charge in [-0.25, -0.2) is 4.68 Å². The van der Waals surface area contributed by atoms with Gasteiger partial charge in [-0.2, -0.15) is 10.4 Å². The van der Waals surface area contributed by atoms with Crippen LogP contribution < -0.4 is 10.1 Å². The van der Waals surface area contributed by atoms with Gasteiger partial charge in [-0.3, -0.25) is 4.79 Å². The summed E-state index contributed by atoms with van der Waals surface area (Å²) in [6.45, 7) is 2.77. The number of likely N-dealkylation sites (N-methyl/N-ethyl adjacent to an activating group) is 1. The summed E-state index contributed by atoms with van der Waals surface area (Å²) in [5.41, 5.74) is 3.08. The number of aromatic nitrogens is 2. The van der Waals surface area contributed by atoms with Crippen LogP contribution >= 0.6 is 0 Å². The number of hydrogen-bond acceptors (Lipinski definition) is 4. The third-order valence-corrected chi connectivity index (χ3v) is 4.53. The molecule has 2 aromatic carbocycles. The molecule has 0 aliphatic heterocycles. The lowest BCUT2D eigenvalue weighted by atomic mass is 10.1. The lowest BCUT2D eigenvalue weighted by Gasteiger charge is -2.07. The molecule has 0 atom stereocenters. The lowest BCUT2D eigenvalue weighted by molar-refractivity contribution is -0.116. The van der Waals surface area contributed by atoms with Crippen LogP contribution in [-0.4, -0.2) is 29.3 Å². The van der Waals surface area contributed by atoms with Gasteiger partial charge in [0.25, 0.3) is 5.91 Å². The molecule has 1 amide bonds. The number of nitrogens with zero attached hydrogens (tertiary/aromatic N) is 3. The van der Waals surface area contributed by atoms with Crippen LogP contribution in [0.15, 0.2) is 66.4 Å². The van der Waals surface area contributed by atoms with Gasteiger partial charge in [0.05, 0.1) is 12.3 Å². The van der Waals surface area contributed by atoms with Crippen LogP contribution in [0.3, 0.4) is 0 Å². The summed E-state index contributed by atoms with van der Waals surface area (Å²) >= 11 is 0. The molecule has 3 aromatic rings. The van der Waals surface area contributed by atoms with Crippen LogP contribution in [0.5, 0.6) is 5.75 Å². The second-order valence-corrected chi connectivity index (χ2v) is 6.69. The predicted octanol–water partition coefficient (Wildman–Crippen LogP) is 4.37. The number of unbranched alkanes of at least 4 members (excludes halogenated alkanes) is 1. The quantitative estimate of drug-likeness (QED) is 0.346. The molecule has 0 saturated carbocycles. The largest absolute Gasteiger partial charge is 0.494 e. The molecular weight excluding hydrogens is 376 g/mol. The van der Waals surface area contributed by atoms with Gasteiger partial charge in [0.2, 0.25) is 0 Å². The summed E-state index contributed by atoms with van der Waals surface area (Å²) in [5, 5.41) is 16.6. The number of carbonyl (C=O) groups excluding carboxylic acids is 1. The van der Waals surface area contributed by atoms with Gasteiger partial charge in [-0.15, -0.1) is 0 Å². The van der Waals surface area contributed by atoms with Crippen molar-refractivity contribution in [2.75, 3.05) is 13.7 Å². The van der Waals surface area contributed by atoms with E-state index in [9.17, 15) is 10.1 Å². The van der Waals surface area contributed by atoms with E-state index in [2.05, 4.69) is 12.2 Å². The smallest absolute Gasteiger partial charge is 0.261 e. The van der Waals surface area contributed by atoms with Crippen LogP contribution in [0.4, 0.5) is 0 Å². The van der Waals surface area contributed by atoms with Crippen molar-refractivity contribution in [3.05, 3.63) is 71.9 Å². The summed E-state index contributed by atoms with van der Waals surface area (Å²) in [6.07, 6.45) is 5.42. The Morgan fingerprint density at radius 1 is 1.23 bits per heavy atom. The van der Waals surface area contributed by atoms with Crippen LogP contribution in [-0.2, 0) is 4.79 Å². The minimum absolute atomic E-state index is 0.0155. The van der Waals surface area contributed by atoms with Crippen LogP contribution in [0, 0.1) is 11.3 Å². The summed E-state index contributed by atoms with van der Waals surface area (Å²) in [6, 6.07) is 19.3. The SMILES string of the molecule is CCCCOc1cccc(-c2nn(-c3ccccc3)cc2C=C(C#N)C(=O)NC)c1. The van der Waals surface area contributed by atoms with E-state index in [1.165, 1.54) is 7.05 Å². The number of nitriles is 1. The molecule has 1 aromatic heterocycles. The Labute approximate surface area is 176 Å². The van der Waals surface area contributed by atoms with Gasteiger partial charge >= 0.3 is 0 Å². The van der Waals surface area contributed by atoms with E-state index in [0.717, 1.165) is 29.8 Å². The molecular formula is C24H24N4O2. The van der Waals surface area contributed by atoms with Gasteiger partial charge in [-0.1, -0.05) is 43.7 Å². The maximum Gasteiger partial charge on any atom is 0.261 e. The Balaban J connectivity index is 2.07. The van der Waals surface area contributed by atoms with Crippen LogP contribution in [0.2, 0.25) is 0 Å². The van der Waals surface area contributed by atoms with E-state index in [1.807, 2.05) is 66.9 Å².